The summed E-state index contributed by atoms with van der Waals surface area (Å²) in [6, 6.07) is 9.32. The van der Waals surface area contributed by atoms with Crippen molar-refractivity contribution in [3.63, 3.8) is 0 Å². The lowest BCUT2D eigenvalue weighted by Crippen LogP contribution is -2.39. The van der Waals surface area contributed by atoms with Gasteiger partial charge in [0.15, 0.2) is 0 Å². The first-order valence-corrected chi connectivity index (χ1v) is 6.50. The predicted octanol–water partition coefficient (Wildman–Crippen LogP) is 0.299. The van der Waals surface area contributed by atoms with Crippen LogP contribution in [-0.4, -0.2) is 43.0 Å². The second-order valence-corrected chi connectivity index (χ2v) is 4.60. The summed E-state index contributed by atoms with van der Waals surface area (Å²) in [4.78, 5) is 25.8. The average Bonchev–Trinajstić information content (AvgIpc) is 2.75. The molecule has 0 aliphatic carbocycles. The molecule has 0 atom stereocenters. The Kier molecular flexibility index (Phi) is 3.39. The molecule has 2 N–H and O–H groups in total. The van der Waals surface area contributed by atoms with E-state index in [1.807, 2.05) is 35.2 Å². The third-order valence-corrected chi connectivity index (χ3v) is 3.28. The van der Waals surface area contributed by atoms with E-state index < -0.39 is 0 Å². The molecule has 104 valence electrons. The van der Waals surface area contributed by atoms with E-state index in [4.69, 9.17) is 4.74 Å². The van der Waals surface area contributed by atoms with Crippen molar-refractivity contribution in [3.05, 3.63) is 41.7 Å². The first-order valence-electron chi connectivity index (χ1n) is 6.50. The monoisotopic (exact) mass is 273 g/mol. The number of anilines is 1. The molecule has 0 radical (unpaired) electrons. The van der Waals surface area contributed by atoms with Gasteiger partial charge in [-0.2, -0.15) is 0 Å². The van der Waals surface area contributed by atoms with Crippen molar-refractivity contribution in [2.45, 2.75) is 0 Å². The fourth-order valence-electron chi connectivity index (χ4n) is 2.32. The summed E-state index contributed by atoms with van der Waals surface area (Å²) in [7, 11) is 0. The van der Waals surface area contributed by atoms with Gasteiger partial charge in [-0.05, 0) is 12.1 Å². The number of amides is 2. The Morgan fingerprint density at radius 2 is 1.75 bits per heavy atom. The topological polar surface area (TPSA) is 70.7 Å². The van der Waals surface area contributed by atoms with Gasteiger partial charge in [0.25, 0.3) is 11.8 Å². The third-order valence-electron chi connectivity index (χ3n) is 3.28. The molecule has 2 aliphatic rings. The number of carbonyl (C=O) groups is 2. The highest BCUT2D eigenvalue weighted by Crippen LogP contribution is 2.20. The van der Waals surface area contributed by atoms with Crippen LogP contribution in [0.1, 0.15) is 0 Å². The molecule has 6 nitrogen and oxygen atoms in total. The molecule has 1 aromatic rings. The summed E-state index contributed by atoms with van der Waals surface area (Å²) in [5, 5.41) is 5.37. The summed E-state index contributed by atoms with van der Waals surface area (Å²) in [6.45, 7) is 2.33. The summed E-state index contributed by atoms with van der Waals surface area (Å²) in [5.74, 6) is -0.740. The van der Waals surface area contributed by atoms with Crippen LogP contribution < -0.4 is 10.6 Å². The zero-order chi connectivity index (χ0) is 13.9. The quantitative estimate of drug-likeness (QED) is 0.775. The van der Waals surface area contributed by atoms with E-state index >= 15 is 0 Å². The summed E-state index contributed by atoms with van der Waals surface area (Å²) in [5.41, 5.74) is 1.49. The Morgan fingerprint density at radius 3 is 2.45 bits per heavy atom. The van der Waals surface area contributed by atoms with E-state index in [0.717, 1.165) is 5.69 Å². The Morgan fingerprint density at radius 1 is 1.05 bits per heavy atom. The molecule has 0 unspecified atom stereocenters. The highest BCUT2D eigenvalue weighted by Gasteiger charge is 2.34. The molecule has 0 spiro atoms. The van der Waals surface area contributed by atoms with Crippen LogP contribution in [0.4, 0.5) is 5.69 Å². The molecule has 0 saturated carbocycles. The Labute approximate surface area is 116 Å². The number of carbonyl (C=O) groups excluding carboxylic acids is 2. The van der Waals surface area contributed by atoms with Crippen molar-refractivity contribution in [1.29, 1.82) is 0 Å². The molecule has 0 bridgehead atoms. The minimum atomic E-state index is -0.389. The van der Waals surface area contributed by atoms with Gasteiger partial charge in [-0.25, -0.2) is 0 Å². The lowest BCUT2D eigenvalue weighted by Gasteiger charge is -2.29. The minimum Gasteiger partial charge on any atom is -0.378 e. The average molecular weight is 273 g/mol. The molecule has 20 heavy (non-hydrogen) atoms. The molecular formula is C14H15N3O3. The summed E-state index contributed by atoms with van der Waals surface area (Å²) < 4.78 is 5.27. The van der Waals surface area contributed by atoms with Crippen LogP contribution in [0, 0.1) is 0 Å². The van der Waals surface area contributed by atoms with Crippen LogP contribution in [0.3, 0.4) is 0 Å². The van der Waals surface area contributed by atoms with Gasteiger partial charge in [0.1, 0.15) is 11.4 Å². The highest BCUT2D eigenvalue weighted by atomic mass is 16.5. The number of hydrogen-bond acceptors (Lipinski definition) is 5. The first-order chi connectivity index (χ1) is 9.75. The maximum atomic E-state index is 12.0. The second-order valence-electron chi connectivity index (χ2n) is 4.60. The van der Waals surface area contributed by atoms with E-state index in [1.54, 1.807) is 0 Å². The van der Waals surface area contributed by atoms with Crippen molar-refractivity contribution in [1.82, 2.24) is 10.2 Å². The highest BCUT2D eigenvalue weighted by molar-refractivity contribution is 6.20. The van der Waals surface area contributed by atoms with Gasteiger partial charge in [0, 0.05) is 18.8 Å². The van der Waals surface area contributed by atoms with Gasteiger partial charge in [-0.1, -0.05) is 18.2 Å². The Hall–Kier alpha value is -2.34. The molecular weight excluding hydrogens is 258 g/mol. The second kappa shape index (κ2) is 5.34. The number of para-hydroxylation sites is 1. The number of rotatable bonds is 3. The standard InChI is InChI=1S/C14H15N3O3/c18-13-11(15-10-4-2-1-3-5-10)12(14(19)16-13)17-6-8-20-9-7-17/h1-5H,6-9H2,(H2,15,16,18,19). The van der Waals surface area contributed by atoms with Crippen LogP contribution >= 0.6 is 0 Å². The van der Waals surface area contributed by atoms with E-state index in [2.05, 4.69) is 10.6 Å². The molecule has 6 heteroatoms. The van der Waals surface area contributed by atoms with Crippen LogP contribution in [0.5, 0.6) is 0 Å². The van der Waals surface area contributed by atoms with Crippen LogP contribution in [0.25, 0.3) is 0 Å². The van der Waals surface area contributed by atoms with E-state index in [1.165, 1.54) is 0 Å². The maximum absolute atomic E-state index is 12.0. The number of hydrogen-bond donors (Lipinski definition) is 2. The third kappa shape index (κ3) is 2.37. The fraction of sp³-hybridized carbons (Fsp3) is 0.286. The lowest BCUT2D eigenvalue weighted by molar-refractivity contribution is -0.124. The number of nitrogens with one attached hydrogen (secondary N) is 2. The molecule has 2 heterocycles. The SMILES string of the molecule is O=C1NC(=O)C(N2CCOCC2)=C1Nc1ccccc1. The smallest absolute Gasteiger partial charge is 0.276 e. The zero-order valence-corrected chi connectivity index (χ0v) is 10.9. The van der Waals surface area contributed by atoms with E-state index in [0.29, 0.717) is 37.7 Å². The van der Waals surface area contributed by atoms with Crippen molar-refractivity contribution in [2.75, 3.05) is 31.6 Å². The van der Waals surface area contributed by atoms with Crippen LogP contribution in [0.15, 0.2) is 41.7 Å². The normalized spacial score (nSPS) is 19.3. The maximum Gasteiger partial charge on any atom is 0.276 e. The van der Waals surface area contributed by atoms with Crippen LogP contribution in [-0.2, 0) is 14.3 Å². The Balaban J connectivity index is 1.91. The molecule has 0 aromatic heterocycles. The Bertz CT molecular complexity index is 562. The van der Waals surface area contributed by atoms with Gasteiger partial charge in [-0.15, -0.1) is 0 Å². The molecule has 2 amide bonds. The van der Waals surface area contributed by atoms with Gasteiger partial charge in [0.2, 0.25) is 0 Å². The molecule has 2 aliphatic heterocycles. The molecule has 1 fully saturated rings. The number of imide groups is 1. The predicted molar refractivity (Wildman–Crippen MR) is 72.6 cm³/mol. The molecule has 1 saturated heterocycles. The van der Waals surface area contributed by atoms with Crippen molar-refractivity contribution < 1.29 is 14.3 Å². The number of benzene rings is 1. The summed E-state index contributed by atoms with van der Waals surface area (Å²) >= 11 is 0. The van der Waals surface area contributed by atoms with Crippen molar-refractivity contribution in [3.8, 4) is 0 Å². The van der Waals surface area contributed by atoms with Gasteiger partial charge in [-0.3, -0.25) is 14.9 Å². The van der Waals surface area contributed by atoms with Crippen molar-refractivity contribution >= 4 is 17.5 Å². The first kappa shape index (κ1) is 12.7. The van der Waals surface area contributed by atoms with E-state index in [9.17, 15) is 9.59 Å². The number of morpholine rings is 1. The molecule has 1 aromatic carbocycles. The number of ether oxygens (including phenoxy) is 1. The van der Waals surface area contributed by atoms with Crippen molar-refractivity contribution in [2.24, 2.45) is 0 Å². The van der Waals surface area contributed by atoms with Crippen LogP contribution in [0.2, 0.25) is 0 Å². The zero-order valence-electron chi connectivity index (χ0n) is 10.9. The van der Waals surface area contributed by atoms with Gasteiger partial charge >= 0.3 is 0 Å². The van der Waals surface area contributed by atoms with Gasteiger partial charge < -0.3 is 15.0 Å². The largest absolute Gasteiger partial charge is 0.378 e. The minimum absolute atomic E-state index is 0.308. The molecule has 3 rings (SSSR count). The lowest BCUT2D eigenvalue weighted by atomic mass is 10.2. The van der Waals surface area contributed by atoms with E-state index in [-0.39, 0.29) is 11.8 Å². The fourth-order valence-corrected chi connectivity index (χ4v) is 2.32. The summed E-state index contributed by atoms with van der Waals surface area (Å²) in [6.07, 6.45) is 0. The van der Waals surface area contributed by atoms with Gasteiger partial charge in [0.05, 0.1) is 13.2 Å². The number of nitrogens with zero attached hydrogens (tertiary/aromatic N) is 1.